The molecule has 0 radical (unpaired) electrons. The van der Waals surface area contributed by atoms with Crippen LogP contribution >= 0.6 is 0 Å². The van der Waals surface area contributed by atoms with Crippen LogP contribution in [0.3, 0.4) is 0 Å². The van der Waals surface area contributed by atoms with Gasteiger partial charge in [0.1, 0.15) is 0 Å². The third-order valence-electron chi connectivity index (χ3n) is 3.97. The van der Waals surface area contributed by atoms with Crippen molar-refractivity contribution in [2.45, 2.75) is 44.6 Å². The molecule has 2 aliphatic rings. The first kappa shape index (κ1) is 13.9. The minimum atomic E-state index is -0.831. The van der Waals surface area contributed by atoms with E-state index in [9.17, 15) is 9.59 Å². The lowest BCUT2D eigenvalue weighted by Crippen LogP contribution is -2.45. The van der Waals surface area contributed by atoms with Crippen LogP contribution in [0, 0.1) is 5.92 Å². The Bertz CT molecular complexity index is 368. The summed E-state index contributed by atoms with van der Waals surface area (Å²) in [5.74, 6) is -0.309. The standard InChI is InChI=1S/C14H22N2O3/c17-13(18)9-12-7-4-8-16(12)14(19)15-10-11-5-2-1-3-6-11/h1-2,11-12H,3-10H2,(H,15,19)(H,17,18). The van der Waals surface area contributed by atoms with Crippen LogP contribution < -0.4 is 5.32 Å². The molecule has 2 atom stereocenters. The summed E-state index contributed by atoms with van der Waals surface area (Å²) in [5, 5.41) is 11.8. The number of nitrogens with zero attached hydrogens (tertiary/aromatic N) is 1. The van der Waals surface area contributed by atoms with Gasteiger partial charge in [-0.25, -0.2) is 4.79 Å². The van der Waals surface area contributed by atoms with E-state index in [0.29, 0.717) is 19.0 Å². The maximum atomic E-state index is 12.1. The number of amides is 2. The highest BCUT2D eigenvalue weighted by Crippen LogP contribution is 2.21. The summed E-state index contributed by atoms with van der Waals surface area (Å²) >= 11 is 0. The summed E-state index contributed by atoms with van der Waals surface area (Å²) in [6, 6.07) is -0.234. The van der Waals surface area contributed by atoms with Crippen LogP contribution in [0.4, 0.5) is 4.79 Å². The third-order valence-corrected chi connectivity index (χ3v) is 3.97. The zero-order valence-electron chi connectivity index (χ0n) is 11.2. The average Bonchev–Trinajstić information content (AvgIpc) is 2.84. The van der Waals surface area contributed by atoms with Gasteiger partial charge >= 0.3 is 12.0 Å². The highest BCUT2D eigenvalue weighted by molar-refractivity contribution is 5.76. The zero-order valence-corrected chi connectivity index (χ0v) is 11.2. The molecule has 1 aliphatic heterocycles. The maximum Gasteiger partial charge on any atom is 0.317 e. The van der Waals surface area contributed by atoms with E-state index in [-0.39, 0.29) is 18.5 Å². The molecule has 2 amide bonds. The van der Waals surface area contributed by atoms with Crippen LogP contribution in [0.1, 0.15) is 38.5 Å². The number of carboxylic acid groups (broad SMARTS) is 1. The van der Waals surface area contributed by atoms with Gasteiger partial charge in [-0.15, -0.1) is 0 Å². The number of carbonyl (C=O) groups excluding carboxylic acids is 1. The van der Waals surface area contributed by atoms with Crippen molar-refractivity contribution in [1.29, 1.82) is 0 Å². The highest BCUT2D eigenvalue weighted by atomic mass is 16.4. The predicted molar refractivity (Wildman–Crippen MR) is 71.9 cm³/mol. The molecule has 2 N–H and O–H groups in total. The summed E-state index contributed by atoms with van der Waals surface area (Å²) in [6.07, 6.45) is 9.34. The van der Waals surface area contributed by atoms with E-state index in [1.54, 1.807) is 4.90 Å². The van der Waals surface area contributed by atoms with Crippen molar-refractivity contribution in [3.63, 3.8) is 0 Å². The lowest BCUT2D eigenvalue weighted by Gasteiger charge is -2.25. The van der Waals surface area contributed by atoms with Crippen molar-refractivity contribution in [3.05, 3.63) is 12.2 Å². The fraction of sp³-hybridized carbons (Fsp3) is 0.714. The first-order chi connectivity index (χ1) is 9.16. The number of rotatable bonds is 4. The van der Waals surface area contributed by atoms with Crippen LogP contribution in [-0.2, 0) is 4.79 Å². The quantitative estimate of drug-likeness (QED) is 0.764. The summed E-state index contributed by atoms with van der Waals surface area (Å²) < 4.78 is 0. The number of likely N-dealkylation sites (tertiary alicyclic amines) is 1. The minimum absolute atomic E-state index is 0.0551. The van der Waals surface area contributed by atoms with Crippen LogP contribution in [-0.4, -0.2) is 41.1 Å². The highest BCUT2D eigenvalue weighted by Gasteiger charge is 2.30. The van der Waals surface area contributed by atoms with Gasteiger partial charge in [0, 0.05) is 19.1 Å². The Balaban J connectivity index is 1.78. The van der Waals surface area contributed by atoms with E-state index in [4.69, 9.17) is 5.11 Å². The number of allylic oxidation sites excluding steroid dienone is 2. The molecule has 106 valence electrons. The van der Waals surface area contributed by atoms with Crippen LogP contribution in [0.15, 0.2) is 12.2 Å². The predicted octanol–water partition coefficient (Wildman–Crippen LogP) is 1.99. The van der Waals surface area contributed by atoms with Gasteiger partial charge in [-0.3, -0.25) is 4.79 Å². The lowest BCUT2D eigenvalue weighted by atomic mass is 9.94. The smallest absolute Gasteiger partial charge is 0.317 e. The molecule has 19 heavy (non-hydrogen) atoms. The van der Waals surface area contributed by atoms with E-state index in [0.717, 1.165) is 32.1 Å². The third kappa shape index (κ3) is 3.98. The van der Waals surface area contributed by atoms with E-state index < -0.39 is 5.97 Å². The number of hydrogen-bond acceptors (Lipinski definition) is 2. The Morgan fingerprint density at radius 3 is 2.84 bits per heavy atom. The van der Waals surface area contributed by atoms with Gasteiger partial charge in [-0.05, 0) is 38.0 Å². The van der Waals surface area contributed by atoms with Crippen LogP contribution in [0.5, 0.6) is 0 Å². The van der Waals surface area contributed by atoms with Gasteiger partial charge in [0.25, 0.3) is 0 Å². The SMILES string of the molecule is O=C(O)CC1CCCN1C(=O)NCC1CC=CCC1. The lowest BCUT2D eigenvalue weighted by molar-refractivity contribution is -0.137. The molecule has 2 rings (SSSR count). The number of nitrogens with one attached hydrogen (secondary N) is 1. The number of urea groups is 1. The first-order valence-corrected chi connectivity index (χ1v) is 7.08. The van der Waals surface area contributed by atoms with E-state index in [1.807, 2.05) is 0 Å². The summed E-state index contributed by atoms with van der Waals surface area (Å²) in [4.78, 5) is 24.5. The Labute approximate surface area is 113 Å². The van der Waals surface area contributed by atoms with Crippen molar-refractivity contribution in [2.24, 2.45) is 5.92 Å². The second-order valence-corrected chi connectivity index (χ2v) is 5.42. The van der Waals surface area contributed by atoms with Crippen LogP contribution in [0.2, 0.25) is 0 Å². The van der Waals surface area contributed by atoms with E-state index in [2.05, 4.69) is 17.5 Å². The number of carboxylic acids is 1. The monoisotopic (exact) mass is 266 g/mol. The Kier molecular flexibility index (Phi) is 4.82. The molecular weight excluding hydrogens is 244 g/mol. The van der Waals surface area contributed by atoms with Gasteiger partial charge in [-0.1, -0.05) is 12.2 Å². The molecule has 1 aliphatic carbocycles. The Morgan fingerprint density at radius 2 is 2.16 bits per heavy atom. The Morgan fingerprint density at radius 1 is 1.32 bits per heavy atom. The van der Waals surface area contributed by atoms with Crippen molar-refractivity contribution < 1.29 is 14.7 Å². The average molecular weight is 266 g/mol. The molecule has 1 fully saturated rings. The molecule has 1 heterocycles. The summed E-state index contributed by atoms with van der Waals surface area (Å²) in [6.45, 7) is 1.37. The molecule has 5 heteroatoms. The topological polar surface area (TPSA) is 69.6 Å². The number of hydrogen-bond donors (Lipinski definition) is 2. The second-order valence-electron chi connectivity index (χ2n) is 5.42. The van der Waals surface area contributed by atoms with Crippen molar-refractivity contribution >= 4 is 12.0 Å². The number of carbonyl (C=O) groups is 2. The fourth-order valence-corrected chi connectivity index (χ4v) is 2.89. The van der Waals surface area contributed by atoms with E-state index >= 15 is 0 Å². The first-order valence-electron chi connectivity index (χ1n) is 7.08. The second kappa shape index (κ2) is 6.59. The minimum Gasteiger partial charge on any atom is -0.481 e. The van der Waals surface area contributed by atoms with Gasteiger partial charge < -0.3 is 15.3 Å². The molecule has 2 unspecified atom stereocenters. The Hall–Kier alpha value is -1.52. The maximum absolute atomic E-state index is 12.1. The molecular formula is C14H22N2O3. The van der Waals surface area contributed by atoms with Crippen molar-refractivity contribution in [3.8, 4) is 0 Å². The molecule has 0 aromatic heterocycles. The van der Waals surface area contributed by atoms with Gasteiger partial charge in [0.2, 0.25) is 0 Å². The molecule has 0 spiro atoms. The number of aliphatic carboxylic acids is 1. The van der Waals surface area contributed by atoms with Gasteiger partial charge in [0.15, 0.2) is 0 Å². The van der Waals surface area contributed by atoms with Crippen molar-refractivity contribution in [1.82, 2.24) is 10.2 Å². The van der Waals surface area contributed by atoms with Gasteiger partial charge in [-0.2, -0.15) is 0 Å². The van der Waals surface area contributed by atoms with Gasteiger partial charge in [0.05, 0.1) is 6.42 Å². The largest absolute Gasteiger partial charge is 0.481 e. The molecule has 0 aromatic carbocycles. The fourth-order valence-electron chi connectivity index (χ4n) is 2.89. The molecule has 1 saturated heterocycles. The summed E-state index contributed by atoms with van der Waals surface area (Å²) in [7, 11) is 0. The normalized spacial score (nSPS) is 26.4. The zero-order chi connectivity index (χ0) is 13.7. The van der Waals surface area contributed by atoms with Crippen LogP contribution in [0.25, 0.3) is 0 Å². The molecule has 0 aromatic rings. The van der Waals surface area contributed by atoms with E-state index in [1.165, 1.54) is 0 Å². The summed E-state index contributed by atoms with van der Waals surface area (Å²) in [5.41, 5.74) is 0. The van der Waals surface area contributed by atoms with Crippen molar-refractivity contribution in [2.75, 3.05) is 13.1 Å². The molecule has 0 bridgehead atoms. The molecule has 5 nitrogen and oxygen atoms in total. The molecule has 0 saturated carbocycles.